The third kappa shape index (κ3) is 6.42. The lowest BCUT2D eigenvalue weighted by Gasteiger charge is -2.38. The monoisotopic (exact) mass is 690 g/mol. The number of hydrogen-bond donors (Lipinski definition) is 3. The molecule has 0 radical (unpaired) electrons. The second-order valence-electron chi connectivity index (χ2n) is 4.88. The van der Waals surface area contributed by atoms with Gasteiger partial charge in [0.15, 0.2) is 0 Å². The number of halogens is 3. The van der Waals surface area contributed by atoms with Gasteiger partial charge in [-0.2, -0.15) is 0 Å². The van der Waals surface area contributed by atoms with Crippen LogP contribution in [0.1, 0.15) is 20.3 Å². The van der Waals surface area contributed by atoms with Crippen molar-refractivity contribution in [2.24, 2.45) is 16.9 Å². The molecule has 11 heteroatoms. The van der Waals surface area contributed by atoms with Gasteiger partial charge in [0.05, 0.1) is 9.34 Å². The first-order valence-corrected chi connectivity index (χ1v) is 10.1. The van der Waals surface area contributed by atoms with Gasteiger partial charge in [-0.25, -0.2) is 0 Å². The Labute approximate surface area is 185 Å². The van der Waals surface area contributed by atoms with Crippen LogP contribution in [0.2, 0.25) is 0 Å². The molecule has 25 heavy (non-hydrogen) atoms. The summed E-state index contributed by atoms with van der Waals surface area (Å²) in [5, 5.41) is 9.18. The molecule has 0 aliphatic heterocycles. The van der Waals surface area contributed by atoms with Crippen molar-refractivity contribution in [3.05, 3.63) is 18.8 Å². The lowest BCUT2D eigenvalue weighted by Crippen LogP contribution is -2.49. The molecule has 0 saturated heterocycles. The molecule has 2 unspecified atom stereocenters. The maximum Gasteiger partial charge on any atom is 0.310 e. The van der Waals surface area contributed by atoms with Crippen molar-refractivity contribution in [1.29, 1.82) is 0 Å². The van der Waals surface area contributed by atoms with Gasteiger partial charge in [0.1, 0.15) is 0 Å². The molecular weight excluding hydrogens is 673 g/mol. The van der Waals surface area contributed by atoms with Crippen molar-refractivity contribution in [2.75, 3.05) is 6.61 Å². The van der Waals surface area contributed by atoms with E-state index in [0.29, 0.717) is 9.15 Å². The minimum absolute atomic E-state index is 0.172. The molecule has 0 aromatic heterocycles. The molecule has 0 spiro atoms. The number of esters is 2. The van der Waals surface area contributed by atoms with Gasteiger partial charge in [-0.3, -0.25) is 19.2 Å². The number of aliphatic hydroxyl groups excluding tert-OH is 1. The molecule has 1 aliphatic rings. The van der Waals surface area contributed by atoms with Crippen LogP contribution in [-0.2, 0) is 23.9 Å². The van der Waals surface area contributed by atoms with Gasteiger partial charge in [-0.15, -0.1) is 0 Å². The van der Waals surface area contributed by atoms with Gasteiger partial charge < -0.3 is 21.3 Å². The minimum atomic E-state index is -1.06. The number of aliphatic hydroxyl groups is 1. The van der Waals surface area contributed by atoms with Crippen molar-refractivity contribution >= 4 is 91.5 Å². The van der Waals surface area contributed by atoms with Crippen LogP contribution in [0.4, 0.5) is 0 Å². The van der Waals surface area contributed by atoms with E-state index in [1.165, 1.54) is 13.8 Å². The second-order valence-corrected chi connectivity index (χ2v) is 8.45. The third-order valence-electron chi connectivity index (χ3n) is 3.12. The summed E-state index contributed by atoms with van der Waals surface area (Å²) in [4.78, 5) is 43.0. The van der Waals surface area contributed by atoms with E-state index in [1.54, 1.807) is 6.08 Å². The summed E-state index contributed by atoms with van der Waals surface area (Å²) in [6.45, 7) is 2.17. The first-order valence-electron chi connectivity index (χ1n) is 6.72. The fourth-order valence-corrected chi connectivity index (χ4v) is 7.47. The molecule has 0 bridgehead atoms. The normalized spacial score (nSPS) is 22.3. The summed E-state index contributed by atoms with van der Waals surface area (Å²) in [5.41, 5.74) is 10.2. The number of allylic oxidation sites excluding steroid dienone is 2. The zero-order valence-corrected chi connectivity index (χ0v) is 19.8. The maximum atomic E-state index is 11.8. The van der Waals surface area contributed by atoms with Gasteiger partial charge in [0, 0.05) is 33.2 Å². The van der Waals surface area contributed by atoms with Crippen molar-refractivity contribution in [2.45, 2.75) is 24.2 Å². The van der Waals surface area contributed by atoms with Crippen LogP contribution in [0.5, 0.6) is 0 Å². The number of alkyl halides is 1. The van der Waals surface area contributed by atoms with Crippen molar-refractivity contribution in [3.63, 3.8) is 0 Å². The van der Waals surface area contributed by atoms with Gasteiger partial charge in [0.2, 0.25) is 11.8 Å². The molecule has 140 valence electrons. The van der Waals surface area contributed by atoms with Crippen LogP contribution in [-0.4, -0.2) is 39.4 Å². The summed E-state index contributed by atoms with van der Waals surface area (Å²) < 4.78 is 4.93. The van der Waals surface area contributed by atoms with Gasteiger partial charge >= 0.3 is 11.9 Å². The fourth-order valence-electron chi connectivity index (χ4n) is 2.04. The molecule has 1 aliphatic carbocycles. The van der Waals surface area contributed by atoms with E-state index in [1.807, 2.05) is 67.8 Å². The summed E-state index contributed by atoms with van der Waals surface area (Å²) in [5.74, 6) is -2.25. The van der Waals surface area contributed by atoms with Crippen molar-refractivity contribution in [1.82, 2.24) is 0 Å². The molecule has 2 atom stereocenters. The van der Waals surface area contributed by atoms with E-state index in [2.05, 4.69) is 4.74 Å². The summed E-state index contributed by atoms with van der Waals surface area (Å²) in [6.07, 6.45) is 1.89. The number of carbonyl (C=O) groups is 4. The zero-order chi connectivity index (χ0) is 19.9. The zero-order valence-electron chi connectivity index (χ0n) is 13.3. The predicted molar refractivity (Wildman–Crippen MR) is 116 cm³/mol. The van der Waals surface area contributed by atoms with Crippen LogP contribution in [0.3, 0.4) is 0 Å². The Bertz CT molecular complexity index is 634. The summed E-state index contributed by atoms with van der Waals surface area (Å²) in [6, 6.07) is 0. The Morgan fingerprint density at radius 3 is 1.96 bits per heavy atom. The third-order valence-corrected chi connectivity index (χ3v) is 6.97. The topological polar surface area (TPSA) is 150 Å². The van der Waals surface area contributed by atoms with E-state index in [4.69, 9.17) is 11.5 Å². The molecule has 2 amide bonds. The van der Waals surface area contributed by atoms with Crippen LogP contribution in [0.15, 0.2) is 18.8 Å². The SMILES string of the molecule is CC(=O)OC(C)=O.NC(=O)C1=C(I)C=C(I)C(CCO)(C(N)=O)C1I. The minimum Gasteiger partial charge on any atom is -0.396 e. The smallest absolute Gasteiger partial charge is 0.310 e. The van der Waals surface area contributed by atoms with Crippen LogP contribution < -0.4 is 11.5 Å². The molecule has 5 N–H and O–H groups in total. The number of primary amides is 2. The van der Waals surface area contributed by atoms with E-state index in [-0.39, 0.29) is 13.0 Å². The maximum absolute atomic E-state index is 11.8. The number of amides is 2. The molecule has 0 saturated carbocycles. The molecule has 1 rings (SSSR count). The Hall–Kier alpha value is -0.290. The Balaban J connectivity index is 0.000000697. The first-order chi connectivity index (χ1) is 11.4. The van der Waals surface area contributed by atoms with E-state index in [0.717, 1.165) is 3.58 Å². The number of carbonyl (C=O) groups excluding carboxylic acids is 4. The Kier molecular flexibility index (Phi) is 10.6. The highest BCUT2D eigenvalue weighted by atomic mass is 127. The average Bonchev–Trinajstić information content (AvgIpc) is 2.41. The van der Waals surface area contributed by atoms with Gasteiger partial charge in [-0.05, 0) is 57.7 Å². The molecule has 0 heterocycles. The van der Waals surface area contributed by atoms with Crippen molar-refractivity contribution < 1.29 is 29.0 Å². The van der Waals surface area contributed by atoms with Crippen molar-refractivity contribution in [3.8, 4) is 0 Å². The first kappa shape index (κ1) is 24.7. The van der Waals surface area contributed by atoms with Crippen LogP contribution >= 0.6 is 67.8 Å². The lowest BCUT2D eigenvalue weighted by molar-refractivity contribution is -0.156. The molecule has 0 fully saturated rings. The fraction of sp³-hybridized carbons (Fsp3) is 0.429. The van der Waals surface area contributed by atoms with Gasteiger partial charge in [-0.1, -0.05) is 22.6 Å². The quantitative estimate of drug-likeness (QED) is 0.175. The van der Waals surface area contributed by atoms with E-state index < -0.39 is 33.1 Å². The second kappa shape index (κ2) is 10.8. The number of hydrogen-bond acceptors (Lipinski definition) is 6. The molecular formula is C14H17I3N2O6. The lowest BCUT2D eigenvalue weighted by atomic mass is 9.75. The van der Waals surface area contributed by atoms with Gasteiger partial charge in [0.25, 0.3) is 0 Å². The van der Waals surface area contributed by atoms with Crippen LogP contribution in [0, 0.1) is 5.41 Å². The molecule has 0 aromatic rings. The standard InChI is InChI=1S/C10H11I3N2O3.C4H6O3/c11-4-3-5(12)10(1-2-16,9(15)18)7(13)6(4)8(14)17;1-3(5)7-4(2)6/h3,7,16H,1-2H2,(H2,14,17)(H2,15,18);1-2H3. The number of rotatable bonds is 4. The average molecular weight is 690 g/mol. The highest BCUT2D eigenvalue weighted by Gasteiger charge is 2.50. The number of nitrogens with two attached hydrogens (primary N) is 2. The summed E-state index contributed by atoms with van der Waals surface area (Å²) >= 11 is 6.04. The Morgan fingerprint density at radius 2 is 1.68 bits per heavy atom. The Morgan fingerprint density at radius 1 is 1.20 bits per heavy atom. The van der Waals surface area contributed by atoms with Crippen LogP contribution in [0.25, 0.3) is 0 Å². The predicted octanol–water partition coefficient (Wildman–Crippen LogP) is 1.25. The van der Waals surface area contributed by atoms with E-state index >= 15 is 0 Å². The van der Waals surface area contributed by atoms with E-state index in [9.17, 15) is 24.3 Å². The largest absolute Gasteiger partial charge is 0.396 e. The summed E-state index contributed by atoms with van der Waals surface area (Å²) in [7, 11) is 0. The number of ether oxygens (including phenoxy) is 1. The highest BCUT2D eigenvalue weighted by molar-refractivity contribution is 14.1. The highest BCUT2D eigenvalue weighted by Crippen LogP contribution is 2.50. The molecule has 0 aromatic carbocycles. The molecule has 8 nitrogen and oxygen atoms in total.